The van der Waals surface area contributed by atoms with Crippen molar-refractivity contribution in [3.05, 3.63) is 29.8 Å². The minimum atomic E-state index is -4.78. The second kappa shape index (κ2) is 4.20. The number of hydrogen-bond donors (Lipinski definition) is 0. The van der Waals surface area contributed by atoms with E-state index in [1.807, 2.05) is 0 Å². The summed E-state index contributed by atoms with van der Waals surface area (Å²) in [6, 6.07) is 4.77. The molecule has 0 fully saturated rings. The molecule has 6 heteroatoms. The average Bonchev–Trinajstić information content (AvgIpc) is 2.15. The fourth-order valence-electron chi connectivity index (χ4n) is 0.884. The minimum absolute atomic E-state index is 0.195. The zero-order chi connectivity index (χ0) is 10.8. The standard InChI is InChI=1S/C8H6F3O2S/c9-8(10,11)14(13)7-3-1-2-6(4-7)5-12/h1-4H,5H2. The van der Waals surface area contributed by atoms with Crippen LogP contribution in [-0.2, 0) is 22.9 Å². The summed E-state index contributed by atoms with van der Waals surface area (Å²) in [6.07, 6.45) is 0. The van der Waals surface area contributed by atoms with E-state index >= 15 is 0 Å². The zero-order valence-corrected chi connectivity index (χ0v) is 7.69. The second-order valence-corrected chi connectivity index (χ2v) is 3.98. The fourth-order valence-corrected chi connectivity index (χ4v) is 1.61. The lowest BCUT2D eigenvalue weighted by Crippen LogP contribution is -2.23. The van der Waals surface area contributed by atoms with Crippen LogP contribution in [0.25, 0.3) is 0 Å². The molecule has 0 heterocycles. The van der Waals surface area contributed by atoms with Gasteiger partial charge in [-0.2, -0.15) is 0 Å². The highest BCUT2D eigenvalue weighted by Gasteiger charge is 2.46. The number of rotatable bonds is 2. The molecular weight excluding hydrogens is 217 g/mol. The molecule has 0 aromatic heterocycles. The molecule has 1 atom stereocenters. The van der Waals surface area contributed by atoms with Gasteiger partial charge in [-0.1, -0.05) is 12.1 Å². The molecule has 77 valence electrons. The molecule has 0 aliphatic carbocycles. The Morgan fingerprint density at radius 2 is 2.00 bits per heavy atom. The van der Waals surface area contributed by atoms with Crippen LogP contribution in [0.15, 0.2) is 29.2 Å². The van der Waals surface area contributed by atoms with E-state index in [4.69, 9.17) is 0 Å². The Labute approximate surface area is 81.5 Å². The van der Waals surface area contributed by atoms with Crippen LogP contribution in [0.5, 0.6) is 0 Å². The number of hydrogen-bond acceptors (Lipinski definition) is 1. The molecule has 2 nitrogen and oxygen atoms in total. The van der Waals surface area contributed by atoms with Crippen molar-refractivity contribution in [3.8, 4) is 0 Å². The van der Waals surface area contributed by atoms with Crippen molar-refractivity contribution >= 4 is 11.2 Å². The highest BCUT2D eigenvalue weighted by atomic mass is 32.2. The Hall–Kier alpha value is -0.720. The molecule has 0 aliphatic rings. The first-order valence-corrected chi connectivity index (χ1v) is 4.76. The van der Waals surface area contributed by atoms with Crippen LogP contribution in [0.4, 0.5) is 13.2 Å². The largest absolute Gasteiger partial charge is 0.604 e. The Kier molecular flexibility index (Phi) is 3.41. The molecule has 1 aromatic carbocycles. The van der Waals surface area contributed by atoms with E-state index in [2.05, 4.69) is 0 Å². The quantitative estimate of drug-likeness (QED) is 0.709. The third-order valence-corrected chi connectivity index (χ3v) is 2.59. The molecule has 14 heavy (non-hydrogen) atoms. The zero-order valence-electron chi connectivity index (χ0n) is 6.88. The van der Waals surface area contributed by atoms with Crippen LogP contribution in [0.1, 0.15) is 5.56 Å². The predicted molar refractivity (Wildman–Crippen MR) is 43.3 cm³/mol. The smallest absolute Gasteiger partial charge is 0.578 e. The first-order valence-electron chi connectivity index (χ1n) is 3.61. The third-order valence-electron chi connectivity index (χ3n) is 1.49. The van der Waals surface area contributed by atoms with Gasteiger partial charge in [-0.3, -0.25) is 0 Å². The van der Waals surface area contributed by atoms with Gasteiger partial charge in [0.15, 0.2) is 4.90 Å². The molecule has 1 rings (SSSR count). The lowest BCUT2D eigenvalue weighted by atomic mass is 10.2. The highest BCUT2D eigenvalue weighted by molar-refractivity contribution is 7.92. The van der Waals surface area contributed by atoms with Gasteiger partial charge in [0.25, 0.3) is 0 Å². The summed E-state index contributed by atoms with van der Waals surface area (Å²) in [5.41, 5.74) is -4.58. The molecule has 0 saturated carbocycles. The van der Waals surface area contributed by atoms with E-state index in [9.17, 15) is 22.8 Å². The first kappa shape index (κ1) is 11.4. The normalized spacial score (nSPS) is 14.1. The summed E-state index contributed by atoms with van der Waals surface area (Å²) in [4.78, 5) is -0.383. The van der Waals surface area contributed by atoms with E-state index in [1.165, 1.54) is 12.1 Å². The van der Waals surface area contributed by atoms with Gasteiger partial charge in [-0.05, 0) is 17.7 Å². The maximum absolute atomic E-state index is 12.0. The van der Waals surface area contributed by atoms with Crippen LogP contribution in [0, 0.1) is 0 Å². The topological polar surface area (TPSA) is 43.0 Å². The molecule has 0 aliphatic heterocycles. The molecular formula is C8H6F3O2S. The van der Waals surface area contributed by atoms with E-state index < -0.39 is 23.3 Å². The Balaban J connectivity index is 2.95. The lowest BCUT2D eigenvalue weighted by Gasteiger charge is -2.12. The molecule has 0 amide bonds. The van der Waals surface area contributed by atoms with Gasteiger partial charge in [0.1, 0.15) is 6.61 Å². The molecule has 1 aromatic rings. The summed E-state index contributed by atoms with van der Waals surface area (Å²) < 4.78 is 46.8. The monoisotopic (exact) mass is 223 g/mol. The second-order valence-electron chi connectivity index (χ2n) is 2.51. The lowest BCUT2D eigenvalue weighted by molar-refractivity contribution is -0.0435. The maximum atomic E-state index is 12.0. The fraction of sp³-hybridized carbons (Fsp3) is 0.250. The van der Waals surface area contributed by atoms with Gasteiger partial charge in [0.2, 0.25) is 0 Å². The molecule has 0 saturated heterocycles. The maximum Gasteiger partial charge on any atom is 0.578 e. The van der Waals surface area contributed by atoms with Crippen molar-refractivity contribution in [1.82, 2.24) is 0 Å². The van der Waals surface area contributed by atoms with E-state index in [0.29, 0.717) is 0 Å². The summed E-state index contributed by atoms with van der Waals surface area (Å²) in [5, 5.41) is 10.4. The Morgan fingerprint density at radius 3 is 2.50 bits per heavy atom. The Morgan fingerprint density at radius 1 is 1.36 bits per heavy atom. The summed E-state index contributed by atoms with van der Waals surface area (Å²) in [6.45, 7) is -0.622. The Bertz CT molecular complexity index is 314. The van der Waals surface area contributed by atoms with Crippen molar-refractivity contribution in [2.45, 2.75) is 17.0 Å². The summed E-state index contributed by atoms with van der Waals surface area (Å²) in [5.74, 6) is 0. The molecule has 1 radical (unpaired) electrons. The van der Waals surface area contributed by atoms with Gasteiger partial charge in [0.05, 0.1) is 11.2 Å². The van der Waals surface area contributed by atoms with Crippen LogP contribution in [0.3, 0.4) is 0 Å². The third kappa shape index (κ3) is 2.63. The van der Waals surface area contributed by atoms with Crippen molar-refractivity contribution in [2.75, 3.05) is 0 Å². The number of benzene rings is 1. The SMILES string of the molecule is [O]Cc1cccc([S+]([O-])C(F)(F)F)c1. The van der Waals surface area contributed by atoms with Gasteiger partial charge < -0.3 is 4.55 Å². The number of alkyl halides is 3. The molecule has 0 N–H and O–H groups in total. The van der Waals surface area contributed by atoms with Gasteiger partial charge >= 0.3 is 5.51 Å². The van der Waals surface area contributed by atoms with Gasteiger partial charge in [-0.15, -0.1) is 13.2 Å². The minimum Gasteiger partial charge on any atom is -0.604 e. The van der Waals surface area contributed by atoms with Crippen molar-refractivity contribution < 1.29 is 22.8 Å². The molecule has 0 spiro atoms. The van der Waals surface area contributed by atoms with Crippen molar-refractivity contribution in [2.24, 2.45) is 0 Å². The van der Waals surface area contributed by atoms with Crippen LogP contribution >= 0.6 is 0 Å². The highest BCUT2D eigenvalue weighted by Crippen LogP contribution is 2.30. The van der Waals surface area contributed by atoms with Crippen molar-refractivity contribution in [3.63, 3.8) is 0 Å². The van der Waals surface area contributed by atoms with E-state index in [0.717, 1.165) is 12.1 Å². The predicted octanol–water partition coefficient (Wildman–Crippen LogP) is 2.24. The summed E-state index contributed by atoms with van der Waals surface area (Å²) in [7, 11) is 0. The van der Waals surface area contributed by atoms with E-state index in [1.54, 1.807) is 0 Å². The summed E-state index contributed by atoms with van der Waals surface area (Å²) >= 11 is -3.05. The van der Waals surface area contributed by atoms with Gasteiger partial charge in [-0.25, -0.2) is 5.11 Å². The van der Waals surface area contributed by atoms with Crippen molar-refractivity contribution in [1.29, 1.82) is 0 Å². The number of halogens is 3. The van der Waals surface area contributed by atoms with Crippen LogP contribution in [0.2, 0.25) is 0 Å². The first-order chi connectivity index (χ1) is 6.45. The van der Waals surface area contributed by atoms with E-state index in [-0.39, 0.29) is 10.5 Å². The molecule has 0 bridgehead atoms. The molecule has 1 unspecified atom stereocenters. The van der Waals surface area contributed by atoms with Crippen LogP contribution in [-0.4, -0.2) is 10.1 Å². The van der Waals surface area contributed by atoms with Crippen LogP contribution < -0.4 is 0 Å². The average molecular weight is 223 g/mol. The van der Waals surface area contributed by atoms with Gasteiger partial charge in [0, 0.05) is 0 Å².